The van der Waals surface area contributed by atoms with Crippen LogP contribution in [0.3, 0.4) is 0 Å². The third kappa shape index (κ3) is 2.94. The number of hydrogen-bond acceptors (Lipinski definition) is 2. The Labute approximate surface area is 101 Å². The molecule has 1 unspecified atom stereocenters. The van der Waals surface area contributed by atoms with Crippen LogP contribution in [0, 0.1) is 11.6 Å². The molecule has 0 aliphatic carbocycles. The minimum atomic E-state index is -0.522. The van der Waals surface area contributed by atoms with Crippen molar-refractivity contribution in [3.05, 3.63) is 29.8 Å². The molecular weight excluding hydrogens is 222 g/mol. The van der Waals surface area contributed by atoms with Gasteiger partial charge in [0.1, 0.15) is 11.6 Å². The van der Waals surface area contributed by atoms with Crippen molar-refractivity contribution >= 4 is 5.69 Å². The summed E-state index contributed by atoms with van der Waals surface area (Å²) >= 11 is 0. The van der Waals surface area contributed by atoms with Crippen molar-refractivity contribution in [2.24, 2.45) is 0 Å². The van der Waals surface area contributed by atoms with Crippen LogP contribution in [0.25, 0.3) is 0 Å². The average Bonchev–Trinajstić information content (AvgIpc) is 2.29. The lowest BCUT2D eigenvalue weighted by atomic mass is 10.0. The van der Waals surface area contributed by atoms with Crippen molar-refractivity contribution in [1.29, 1.82) is 0 Å². The minimum Gasteiger partial charge on any atom is -0.368 e. The first-order valence-corrected chi connectivity index (χ1v) is 6.14. The van der Waals surface area contributed by atoms with Gasteiger partial charge in [0, 0.05) is 25.2 Å². The summed E-state index contributed by atoms with van der Waals surface area (Å²) < 4.78 is 26.5. The molecule has 1 aromatic carbocycles. The van der Waals surface area contributed by atoms with Gasteiger partial charge < -0.3 is 10.2 Å². The Morgan fingerprint density at radius 1 is 1.41 bits per heavy atom. The molecule has 1 aromatic rings. The maximum absolute atomic E-state index is 13.6. The molecule has 1 N–H and O–H groups in total. The van der Waals surface area contributed by atoms with E-state index in [-0.39, 0.29) is 0 Å². The van der Waals surface area contributed by atoms with E-state index in [2.05, 4.69) is 12.2 Å². The second-order valence-corrected chi connectivity index (χ2v) is 4.44. The first kappa shape index (κ1) is 12.3. The zero-order valence-corrected chi connectivity index (χ0v) is 10.0. The smallest absolute Gasteiger partial charge is 0.149 e. The van der Waals surface area contributed by atoms with E-state index in [0.717, 1.165) is 38.5 Å². The average molecular weight is 240 g/mol. The summed E-state index contributed by atoms with van der Waals surface area (Å²) in [5, 5.41) is 3.38. The summed E-state index contributed by atoms with van der Waals surface area (Å²) in [5.74, 6) is -0.992. The summed E-state index contributed by atoms with van der Waals surface area (Å²) in [4.78, 5) is 1.99. The maximum atomic E-state index is 13.6. The highest BCUT2D eigenvalue weighted by Crippen LogP contribution is 2.23. The molecule has 0 radical (unpaired) electrons. The van der Waals surface area contributed by atoms with Gasteiger partial charge in [-0.1, -0.05) is 6.92 Å². The largest absolute Gasteiger partial charge is 0.368 e. The molecule has 0 saturated carbocycles. The molecule has 0 bridgehead atoms. The second kappa shape index (κ2) is 5.45. The third-order valence-electron chi connectivity index (χ3n) is 3.16. The van der Waals surface area contributed by atoms with Crippen LogP contribution in [-0.2, 0) is 0 Å². The molecule has 1 aliphatic heterocycles. The predicted octanol–water partition coefficient (Wildman–Crippen LogP) is 2.54. The minimum absolute atomic E-state index is 0.401. The molecule has 4 heteroatoms. The highest BCUT2D eigenvalue weighted by atomic mass is 19.1. The molecule has 1 aliphatic rings. The van der Waals surface area contributed by atoms with Crippen LogP contribution in [0.4, 0.5) is 14.5 Å². The van der Waals surface area contributed by atoms with E-state index >= 15 is 0 Å². The lowest BCUT2D eigenvalue weighted by Gasteiger charge is -2.34. The number of nitrogens with one attached hydrogen (secondary N) is 1. The number of likely N-dealkylation sites (N-methyl/N-ethyl adjacent to an activating group) is 1. The van der Waals surface area contributed by atoms with Gasteiger partial charge in [0.2, 0.25) is 0 Å². The van der Waals surface area contributed by atoms with Crippen molar-refractivity contribution in [2.45, 2.75) is 25.8 Å². The third-order valence-corrected chi connectivity index (χ3v) is 3.16. The monoisotopic (exact) mass is 240 g/mol. The number of nitrogens with zero attached hydrogens (tertiary/aromatic N) is 1. The second-order valence-electron chi connectivity index (χ2n) is 4.44. The van der Waals surface area contributed by atoms with Gasteiger partial charge in [0.05, 0.1) is 5.69 Å². The van der Waals surface area contributed by atoms with Crippen molar-refractivity contribution < 1.29 is 8.78 Å². The molecule has 1 heterocycles. The van der Waals surface area contributed by atoms with Gasteiger partial charge in [-0.3, -0.25) is 0 Å². The van der Waals surface area contributed by atoms with Crippen molar-refractivity contribution in [3.8, 4) is 0 Å². The predicted molar refractivity (Wildman–Crippen MR) is 65.3 cm³/mol. The normalized spacial score (nSPS) is 20.6. The van der Waals surface area contributed by atoms with E-state index in [1.165, 1.54) is 12.1 Å². The van der Waals surface area contributed by atoms with Gasteiger partial charge in [-0.05, 0) is 31.5 Å². The lowest BCUT2D eigenvalue weighted by Crippen LogP contribution is -2.46. The molecule has 1 fully saturated rings. The Morgan fingerprint density at radius 2 is 2.24 bits per heavy atom. The molecular formula is C13H18F2N2. The lowest BCUT2D eigenvalue weighted by molar-refractivity contribution is 0.427. The van der Waals surface area contributed by atoms with Gasteiger partial charge in [0.25, 0.3) is 0 Å². The van der Waals surface area contributed by atoms with Crippen molar-refractivity contribution in [2.75, 3.05) is 24.5 Å². The Bertz CT molecular complexity index is 380. The van der Waals surface area contributed by atoms with Crippen LogP contribution >= 0.6 is 0 Å². The van der Waals surface area contributed by atoms with Gasteiger partial charge in [-0.2, -0.15) is 0 Å². The van der Waals surface area contributed by atoms with E-state index in [1.54, 1.807) is 0 Å². The fourth-order valence-corrected chi connectivity index (χ4v) is 2.39. The van der Waals surface area contributed by atoms with Crippen molar-refractivity contribution in [1.82, 2.24) is 5.32 Å². The standard InChI is InChI=1S/C13H18F2N2/c1-2-16-11-4-3-7-17(9-11)13-6-5-10(14)8-12(13)15/h5-6,8,11,16H,2-4,7,9H2,1H3. The zero-order valence-electron chi connectivity index (χ0n) is 10.0. The number of anilines is 1. The Kier molecular flexibility index (Phi) is 3.94. The van der Waals surface area contributed by atoms with Crippen LogP contribution in [-0.4, -0.2) is 25.7 Å². The fraction of sp³-hybridized carbons (Fsp3) is 0.538. The summed E-state index contributed by atoms with van der Waals surface area (Å²) in [7, 11) is 0. The SMILES string of the molecule is CCNC1CCCN(c2ccc(F)cc2F)C1. The molecule has 94 valence electrons. The van der Waals surface area contributed by atoms with Crippen LogP contribution in [0.1, 0.15) is 19.8 Å². The molecule has 0 amide bonds. The van der Waals surface area contributed by atoms with E-state index in [4.69, 9.17) is 0 Å². The summed E-state index contributed by atoms with van der Waals surface area (Å²) in [6.45, 7) is 4.61. The fourth-order valence-electron chi connectivity index (χ4n) is 2.39. The van der Waals surface area contributed by atoms with Crippen LogP contribution < -0.4 is 10.2 Å². The zero-order chi connectivity index (χ0) is 12.3. The van der Waals surface area contributed by atoms with Crippen LogP contribution in [0.15, 0.2) is 18.2 Å². The number of halogens is 2. The Morgan fingerprint density at radius 3 is 2.94 bits per heavy atom. The van der Waals surface area contributed by atoms with Crippen molar-refractivity contribution in [3.63, 3.8) is 0 Å². The summed E-state index contributed by atoms with van der Waals surface area (Å²) in [6, 6.07) is 4.19. The number of piperidine rings is 1. The van der Waals surface area contributed by atoms with Gasteiger partial charge in [0.15, 0.2) is 0 Å². The molecule has 0 aromatic heterocycles. The van der Waals surface area contributed by atoms with Crippen LogP contribution in [0.2, 0.25) is 0 Å². The van der Waals surface area contributed by atoms with Gasteiger partial charge in [-0.15, -0.1) is 0 Å². The molecule has 0 spiro atoms. The number of hydrogen-bond donors (Lipinski definition) is 1. The summed E-state index contributed by atoms with van der Waals surface area (Å²) in [6.07, 6.45) is 2.15. The first-order valence-electron chi connectivity index (χ1n) is 6.14. The molecule has 1 saturated heterocycles. The number of benzene rings is 1. The molecule has 17 heavy (non-hydrogen) atoms. The number of rotatable bonds is 3. The van der Waals surface area contributed by atoms with Crippen LogP contribution in [0.5, 0.6) is 0 Å². The maximum Gasteiger partial charge on any atom is 0.149 e. The first-order chi connectivity index (χ1) is 8.20. The molecule has 2 nitrogen and oxygen atoms in total. The van der Waals surface area contributed by atoms with E-state index in [1.807, 2.05) is 4.90 Å². The summed E-state index contributed by atoms with van der Waals surface area (Å²) in [5.41, 5.74) is 0.508. The quantitative estimate of drug-likeness (QED) is 0.873. The molecule has 1 atom stereocenters. The topological polar surface area (TPSA) is 15.3 Å². The Balaban J connectivity index is 2.10. The highest BCUT2D eigenvalue weighted by Gasteiger charge is 2.21. The highest BCUT2D eigenvalue weighted by molar-refractivity contribution is 5.48. The molecule has 2 rings (SSSR count). The van der Waals surface area contributed by atoms with E-state index in [0.29, 0.717) is 11.7 Å². The van der Waals surface area contributed by atoms with E-state index < -0.39 is 11.6 Å². The van der Waals surface area contributed by atoms with E-state index in [9.17, 15) is 8.78 Å². The Hall–Kier alpha value is -1.16. The van der Waals surface area contributed by atoms with Gasteiger partial charge >= 0.3 is 0 Å². The van der Waals surface area contributed by atoms with Gasteiger partial charge in [-0.25, -0.2) is 8.78 Å².